The second-order valence-corrected chi connectivity index (χ2v) is 5.38. The van der Waals surface area contributed by atoms with E-state index in [-0.39, 0.29) is 5.78 Å². The molecule has 0 saturated carbocycles. The zero-order valence-corrected chi connectivity index (χ0v) is 11.6. The van der Waals surface area contributed by atoms with Crippen molar-refractivity contribution in [2.45, 2.75) is 32.9 Å². The van der Waals surface area contributed by atoms with E-state index in [1.54, 1.807) is 11.8 Å². The van der Waals surface area contributed by atoms with E-state index in [2.05, 4.69) is 19.2 Å². The Labute approximate surface area is 108 Å². The monoisotopic (exact) mass is 251 g/mol. The molecular weight excluding hydrogens is 230 g/mol. The van der Waals surface area contributed by atoms with E-state index in [0.717, 1.165) is 17.9 Å². The molecule has 0 bridgehead atoms. The molecule has 0 aliphatic carbocycles. The molecule has 0 heterocycles. The number of hydrogen-bond acceptors (Lipinski definition) is 3. The molecule has 1 aromatic rings. The van der Waals surface area contributed by atoms with Gasteiger partial charge in [0.15, 0.2) is 5.78 Å². The van der Waals surface area contributed by atoms with Crippen molar-refractivity contribution in [3.63, 3.8) is 0 Å². The Bertz CT molecular complexity index is 346. The van der Waals surface area contributed by atoms with Crippen molar-refractivity contribution in [1.82, 2.24) is 5.32 Å². The average molecular weight is 251 g/mol. The molecule has 0 amide bonds. The van der Waals surface area contributed by atoms with Crippen LogP contribution in [0.5, 0.6) is 0 Å². The van der Waals surface area contributed by atoms with Crippen molar-refractivity contribution in [3.05, 3.63) is 35.4 Å². The molecule has 0 aliphatic heterocycles. The Morgan fingerprint density at radius 2 is 1.94 bits per heavy atom. The Morgan fingerprint density at radius 1 is 1.29 bits per heavy atom. The topological polar surface area (TPSA) is 29.1 Å². The molecule has 0 radical (unpaired) electrons. The first-order chi connectivity index (χ1) is 8.13. The van der Waals surface area contributed by atoms with Crippen molar-refractivity contribution >= 4 is 17.5 Å². The summed E-state index contributed by atoms with van der Waals surface area (Å²) in [6.45, 7) is 5.11. The van der Waals surface area contributed by atoms with Gasteiger partial charge in [0.1, 0.15) is 0 Å². The molecule has 17 heavy (non-hydrogen) atoms. The maximum absolute atomic E-state index is 11.8. The molecule has 0 spiro atoms. The second-order valence-electron chi connectivity index (χ2n) is 4.40. The number of rotatable bonds is 7. The van der Waals surface area contributed by atoms with Crippen LogP contribution in [0.25, 0.3) is 0 Å². The lowest BCUT2D eigenvalue weighted by molar-refractivity contribution is 0.0989. The smallest absolute Gasteiger partial charge is 0.163 e. The van der Waals surface area contributed by atoms with E-state index < -0.39 is 0 Å². The van der Waals surface area contributed by atoms with Crippen LogP contribution in [0.15, 0.2) is 24.3 Å². The number of carbonyl (C=O) groups excluding carboxylic acids is 1. The van der Waals surface area contributed by atoms with E-state index in [1.165, 1.54) is 5.56 Å². The van der Waals surface area contributed by atoms with Crippen LogP contribution in [0.1, 0.15) is 36.2 Å². The third-order valence-electron chi connectivity index (χ3n) is 2.52. The molecule has 1 N–H and O–H groups in total. The Morgan fingerprint density at radius 3 is 2.47 bits per heavy atom. The summed E-state index contributed by atoms with van der Waals surface area (Å²) < 4.78 is 0. The SMILES string of the molecule is CSCCC(=O)c1ccc(CNC(C)C)cc1. The van der Waals surface area contributed by atoms with Gasteiger partial charge in [-0.3, -0.25) is 4.79 Å². The summed E-state index contributed by atoms with van der Waals surface area (Å²) in [5, 5.41) is 3.36. The number of benzene rings is 1. The highest BCUT2D eigenvalue weighted by molar-refractivity contribution is 7.98. The molecule has 0 aliphatic rings. The fourth-order valence-corrected chi connectivity index (χ4v) is 1.86. The van der Waals surface area contributed by atoms with Crippen LogP contribution in [0.2, 0.25) is 0 Å². The number of ketones is 1. The van der Waals surface area contributed by atoms with Crippen LogP contribution in [0.3, 0.4) is 0 Å². The zero-order chi connectivity index (χ0) is 12.7. The van der Waals surface area contributed by atoms with Gasteiger partial charge in [0.25, 0.3) is 0 Å². The average Bonchev–Trinajstić information content (AvgIpc) is 2.34. The molecule has 1 aromatic carbocycles. The van der Waals surface area contributed by atoms with Crippen LogP contribution in [0.4, 0.5) is 0 Å². The largest absolute Gasteiger partial charge is 0.310 e. The predicted octanol–water partition coefficient (Wildman–Crippen LogP) is 3.12. The molecular formula is C14H21NOS. The maximum atomic E-state index is 11.8. The normalized spacial score (nSPS) is 10.8. The Hall–Kier alpha value is -0.800. The van der Waals surface area contributed by atoms with E-state index in [9.17, 15) is 4.79 Å². The Balaban J connectivity index is 2.52. The van der Waals surface area contributed by atoms with Gasteiger partial charge in [-0.25, -0.2) is 0 Å². The lowest BCUT2D eigenvalue weighted by Gasteiger charge is -2.08. The van der Waals surface area contributed by atoms with Gasteiger partial charge in [0.2, 0.25) is 0 Å². The van der Waals surface area contributed by atoms with Gasteiger partial charge in [0, 0.05) is 30.3 Å². The van der Waals surface area contributed by atoms with Gasteiger partial charge in [-0.1, -0.05) is 38.1 Å². The molecule has 3 heteroatoms. The highest BCUT2D eigenvalue weighted by atomic mass is 32.2. The molecule has 0 atom stereocenters. The number of nitrogens with one attached hydrogen (secondary N) is 1. The van der Waals surface area contributed by atoms with Crippen molar-refractivity contribution in [1.29, 1.82) is 0 Å². The summed E-state index contributed by atoms with van der Waals surface area (Å²) >= 11 is 1.71. The zero-order valence-electron chi connectivity index (χ0n) is 10.8. The Kier molecular flexibility index (Phi) is 6.30. The van der Waals surface area contributed by atoms with Crippen molar-refractivity contribution < 1.29 is 4.79 Å². The van der Waals surface area contributed by atoms with Crippen molar-refractivity contribution in [2.75, 3.05) is 12.0 Å². The lowest BCUT2D eigenvalue weighted by Crippen LogP contribution is -2.21. The third-order valence-corrected chi connectivity index (χ3v) is 3.14. The van der Waals surface area contributed by atoms with Gasteiger partial charge in [-0.15, -0.1) is 0 Å². The van der Waals surface area contributed by atoms with Gasteiger partial charge >= 0.3 is 0 Å². The van der Waals surface area contributed by atoms with Crippen molar-refractivity contribution in [3.8, 4) is 0 Å². The highest BCUT2D eigenvalue weighted by Crippen LogP contribution is 2.09. The summed E-state index contributed by atoms with van der Waals surface area (Å²) in [5.41, 5.74) is 2.05. The number of Topliss-reactive ketones (excluding diaryl/α,β-unsaturated/α-hetero) is 1. The minimum Gasteiger partial charge on any atom is -0.310 e. The molecule has 0 aromatic heterocycles. The van der Waals surface area contributed by atoms with Crippen LogP contribution in [-0.2, 0) is 6.54 Å². The summed E-state index contributed by atoms with van der Waals surface area (Å²) in [5.74, 6) is 1.14. The fraction of sp³-hybridized carbons (Fsp3) is 0.500. The van der Waals surface area contributed by atoms with E-state index in [4.69, 9.17) is 0 Å². The predicted molar refractivity (Wildman–Crippen MR) is 75.7 cm³/mol. The maximum Gasteiger partial charge on any atom is 0.163 e. The molecule has 0 fully saturated rings. The number of hydrogen-bond donors (Lipinski definition) is 1. The molecule has 1 rings (SSSR count). The van der Waals surface area contributed by atoms with Crippen LogP contribution < -0.4 is 5.32 Å². The third kappa shape index (κ3) is 5.37. The quantitative estimate of drug-likeness (QED) is 0.755. The summed E-state index contributed by atoms with van der Waals surface area (Å²) in [4.78, 5) is 11.8. The highest BCUT2D eigenvalue weighted by Gasteiger charge is 2.04. The standard InChI is InChI=1S/C14H21NOS/c1-11(2)15-10-12-4-6-13(7-5-12)14(16)8-9-17-3/h4-7,11,15H,8-10H2,1-3H3. The minimum absolute atomic E-state index is 0.239. The fourth-order valence-electron chi connectivity index (χ4n) is 1.47. The minimum atomic E-state index is 0.239. The second kappa shape index (κ2) is 7.51. The first kappa shape index (κ1) is 14.3. The van der Waals surface area contributed by atoms with E-state index >= 15 is 0 Å². The molecule has 0 saturated heterocycles. The van der Waals surface area contributed by atoms with Crippen LogP contribution >= 0.6 is 11.8 Å². The van der Waals surface area contributed by atoms with E-state index in [1.807, 2.05) is 30.5 Å². The lowest BCUT2D eigenvalue weighted by atomic mass is 10.1. The van der Waals surface area contributed by atoms with Gasteiger partial charge in [0.05, 0.1) is 0 Å². The van der Waals surface area contributed by atoms with Crippen LogP contribution in [-0.4, -0.2) is 23.8 Å². The van der Waals surface area contributed by atoms with Gasteiger partial charge in [-0.2, -0.15) is 11.8 Å². The molecule has 94 valence electrons. The summed E-state index contributed by atoms with van der Waals surface area (Å²) in [6.07, 6.45) is 2.65. The first-order valence-corrected chi connectivity index (χ1v) is 7.37. The molecule has 0 unspecified atom stereocenters. The van der Waals surface area contributed by atoms with Crippen LogP contribution in [0, 0.1) is 0 Å². The summed E-state index contributed by atoms with van der Waals surface area (Å²) in [7, 11) is 0. The van der Waals surface area contributed by atoms with Gasteiger partial charge in [-0.05, 0) is 11.8 Å². The molecule has 2 nitrogen and oxygen atoms in total. The number of carbonyl (C=O) groups is 1. The first-order valence-electron chi connectivity index (χ1n) is 5.98. The van der Waals surface area contributed by atoms with Gasteiger partial charge < -0.3 is 5.32 Å². The number of thioether (sulfide) groups is 1. The van der Waals surface area contributed by atoms with E-state index in [0.29, 0.717) is 12.5 Å². The summed E-state index contributed by atoms with van der Waals surface area (Å²) in [6, 6.07) is 8.40. The van der Waals surface area contributed by atoms with Crippen molar-refractivity contribution in [2.24, 2.45) is 0 Å².